The molecule has 0 bridgehead atoms. The Labute approximate surface area is 187 Å². The summed E-state index contributed by atoms with van der Waals surface area (Å²) in [5.74, 6) is -0.0179. The first kappa shape index (κ1) is 21.0. The van der Waals surface area contributed by atoms with Crippen molar-refractivity contribution < 1.29 is 9.18 Å². The monoisotopic (exact) mass is 453 g/mol. The maximum absolute atomic E-state index is 13.3. The molecular weight excluding hydrogens is 437 g/mol. The smallest absolute Gasteiger partial charge is 0.234 e. The Morgan fingerprint density at radius 2 is 1.94 bits per heavy atom. The fourth-order valence-electron chi connectivity index (χ4n) is 2.91. The van der Waals surface area contributed by atoms with Gasteiger partial charge in [-0.15, -0.1) is 10.2 Å². The molecule has 4 rings (SSSR count). The molecule has 6 nitrogen and oxygen atoms in total. The van der Waals surface area contributed by atoms with Crippen LogP contribution >= 0.6 is 23.4 Å². The van der Waals surface area contributed by atoms with E-state index >= 15 is 0 Å². The van der Waals surface area contributed by atoms with Crippen LogP contribution < -0.4 is 5.32 Å². The lowest BCUT2D eigenvalue weighted by Gasteiger charge is -2.10. The minimum Gasteiger partial charge on any atom is -0.325 e. The molecule has 31 heavy (non-hydrogen) atoms. The minimum absolute atomic E-state index is 0.0471. The Kier molecular flexibility index (Phi) is 6.59. The maximum Gasteiger partial charge on any atom is 0.234 e. The zero-order valence-electron chi connectivity index (χ0n) is 16.2. The molecule has 0 saturated heterocycles. The topological polar surface area (TPSA) is 72.7 Å². The average molecular weight is 454 g/mol. The molecule has 0 atom stereocenters. The number of thioether (sulfide) groups is 1. The Hall–Kier alpha value is -3.23. The van der Waals surface area contributed by atoms with Gasteiger partial charge in [0.05, 0.1) is 17.3 Å². The number of nitrogens with one attached hydrogen (secondary N) is 1. The molecule has 0 saturated carbocycles. The number of carbonyl (C=O) groups excluding carboxylic acids is 1. The number of aromatic nitrogens is 4. The quantitative estimate of drug-likeness (QED) is 0.402. The fourth-order valence-corrected chi connectivity index (χ4v) is 3.83. The lowest BCUT2D eigenvalue weighted by atomic mass is 10.2. The number of halogens is 2. The summed E-state index contributed by atoms with van der Waals surface area (Å²) in [5, 5.41) is 11.9. The van der Waals surface area contributed by atoms with Crippen molar-refractivity contribution in [1.29, 1.82) is 0 Å². The van der Waals surface area contributed by atoms with Gasteiger partial charge in [0.25, 0.3) is 0 Å². The van der Waals surface area contributed by atoms with Gasteiger partial charge in [-0.3, -0.25) is 14.3 Å². The highest BCUT2D eigenvalue weighted by molar-refractivity contribution is 7.99. The van der Waals surface area contributed by atoms with E-state index in [0.717, 1.165) is 11.1 Å². The second kappa shape index (κ2) is 9.72. The number of benzene rings is 2. The van der Waals surface area contributed by atoms with Crippen molar-refractivity contribution in [3.05, 3.63) is 89.5 Å². The van der Waals surface area contributed by atoms with Crippen LogP contribution in [0.4, 0.5) is 10.1 Å². The Bertz CT molecular complexity index is 1190. The highest BCUT2D eigenvalue weighted by Crippen LogP contribution is 2.25. The maximum atomic E-state index is 13.3. The van der Waals surface area contributed by atoms with E-state index in [2.05, 4.69) is 20.5 Å². The van der Waals surface area contributed by atoms with E-state index in [0.29, 0.717) is 23.2 Å². The lowest BCUT2D eigenvalue weighted by molar-refractivity contribution is -0.113. The van der Waals surface area contributed by atoms with Crippen molar-refractivity contribution in [2.24, 2.45) is 0 Å². The lowest BCUT2D eigenvalue weighted by Crippen LogP contribution is -2.15. The van der Waals surface area contributed by atoms with E-state index in [-0.39, 0.29) is 16.7 Å². The number of carbonyl (C=O) groups is 1. The van der Waals surface area contributed by atoms with Crippen molar-refractivity contribution in [2.75, 3.05) is 11.1 Å². The molecule has 9 heteroatoms. The van der Waals surface area contributed by atoms with Crippen LogP contribution in [-0.2, 0) is 11.3 Å². The molecule has 1 amide bonds. The number of nitrogens with zero attached hydrogens (tertiary/aromatic N) is 4. The van der Waals surface area contributed by atoms with Gasteiger partial charge in [0.15, 0.2) is 11.0 Å². The van der Waals surface area contributed by atoms with Gasteiger partial charge >= 0.3 is 0 Å². The zero-order valence-corrected chi connectivity index (χ0v) is 17.8. The van der Waals surface area contributed by atoms with E-state index < -0.39 is 5.82 Å². The van der Waals surface area contributed by atoms with Crippen molar-refractivity contribution >= 4 is 35.0 Å². The van der Waals surface area contributed by atoms with E-state index in [4.69, 9.17) is 11.6 Å². The molecule has 2 aromatic heterocycles. The second-order valence-corrected chi connectivity index (χ2v) is 7.94. The summed E-state index contributed by atoms with van der Waals surface area (Å²) in [6.07, 6.45) is 3.42. The van der Waals surface area contributed by atoms with Gasteiger partial charge in [0, 0.05) is 23.6 Å². The predicted molar refractivity (Wildman–Crippen MR) is 120 cm³/mol. The van der Waals surface area contributed by atoms with E-state index in [1.807, 2.05) is 47.0 Å². The van der Waals surface area contributed by atoms with Crippen LogP contribution in [0, 0.1) is 5.82 Å². The molecule has 0 radical (unpaired) electrons. The number of rotatable bonds is 7. The van der Waals surface area contributed by atoms with Crippen LogP contribution in [0.2, 0.25) is 5.02 Å². The molecule has 2 aromatic carbocycles. The Morgan fingerprint density at radius 3 is 2.68 bits per heavy atom. The third-order valence-corrected chi connectivity index (χ3v) is 5.61. The number of pyridine rings is 1. The Morgan fingerprint density at radius 1 is 1.10 bits per heavy atom. The first-order valence-corrected chi connectivity index (χ1v) is 10.7. The average Bonchev–Trinajstić information content (AvgIpc) is 3.18. The highest BCUT2D eigenvalue weighted by Gasteiger charge is 2.16. The van der Waals surface area contributed by atoms with Crippen LogP contribution in [-0.4, -0.2) is 31.4 Å². The first-order chi connectivity index (χ1) is 15.1. The number of anilines is 1. The molecule has 0 aliphatic heterocycles. The standard InChI is InChI=1S/C22H17ClFN5OS/c23-18-11-17(8-9-19(18)24)26-20(30)14-31-22-28-27-21(16-7-4-10-25-12-16)29(22)13-15-5-2-1-3-6-15/h1-12H,13-14H2,(H,26,30). The molecule has 0 spiro atoms. The molecule has 0 unspecified atom stereocenters. The van der Waals surface area contributed by atoms with Gasteiger partial charge in [0.1, 0.15) is 5.82 Å². The summed E-state index contributed by atoms with van der Waals surface area (Å²) in [7, 11) is 0. The van der Waals surface area contributed by atoms with Gasteiger partial charge in [-0.2, -0.15) is 0 Å². The second-order valence-electron chi connectivity index (χ2n) is 6.59. The Balaban J connectivity index is 1.52. The molecular formula is C22H17ClFN5OS. The van der Waals surface area contributed by atoms with Gasteiger partial charge < -0.3 is 5.32 Å². The minimum atomic E-state index is -0.536. The summed E-state index contributed by atoms with van der Waals surface area (Å²) in [4.78, 5) is 16.6. The van der Waals surface area contributed by atoms with Crippen LogP contribution in [0.25, 0.3) is 11.4 Å². The molecule has 0 aliphatic carbocycles. The van der Waals surface area contributed by atoms with Crippen LogP contribution in [0.1, 0.15) is 5.56 Å². The third kappa shape index (κ3) is 5.28. The number of amides is 1. The van der Waals surface area contributed by atoms with Crippen LogP contribution in [0.3, 0.4) is 0 Å². The van der Waals surface area contributed by atoms with Crippen molar-refractivity contribution in [3.63, 3.8) is 0 Å². The summed E-state index contributed by atoms with van der Waals surface area (Å²) in [6, 6.07) is 17.7. The molecule has 4 aromatic rings. The van der Waals surface area contributed by atoms with Crippen LogP contribution in [0.15, 0.2) is 78.2 Å². The highest BCUT2D eigenvalue weighted by atomic mass is 35.5. The normalized spacial score (nSPS) is 10.8. The summed E-state index contributed by atoms with van der Waals surface area (Å²) in [5.41, 5.74) is 2.35. The molecule has 0 aliphatic rings. The number of hydrogen-bond donors (Lipinski definition) is 1. The van der Waals surface area contributed by atoms with E-state index in [1.165, 1.54) is 30.0 Å². The van der Waals surface area contributed by atoms with Gasteiger partial charge in [-0.1, -0.05) is 53.7 Å². The van der Waals surface area contributed by atoms with E-state index in [9.17, 15) is 9.18 Å². The molecule has 2 heterocycles. The largest absolute Gasteiger partial charge is 0.325 e. The van der Waals surface area contributed by atoms with Gasteiger partial charge in [0.2, 0.25) is 5.91 Å². The fraction of sp³-hybridized carbons (Fsp3) is 0.0909. The summed E-state index contributed by atoms with van der Waals surface area (Å²) >= 11 is 7.04. The number of hydrogen-bond acceptors (Lipinski definition) is 5. The zero-order chi connectivity index (χ0) is 21.6. The summed E-state index contributed by atoms with van der Waals surface area (Å²) in [6.45, 7) is 0.551. The van der Waals surface area contributed by atoms with Crippen LogP contribution in [0.5, 0.6) is 0 Å². The molecule has 1 N–H and O–H groups in total. The van der Waals surface area contributed by atoms with Crippen molar-refractivity contribution in [1.82, 2.24) is 19.7 Å². The molecule has 156 valence electrons. The van der Waals surface area contributed by atoms with E-state index in [1.54, 1.807) is 12.4 Å². The predicted octanol–water partition coefficient (Wildman–Crippen LogP) is 4.91. The summed E-state index contributed by atoms with van der Waals surface area (Å²) < 4.78 is 15.3. The molecule has 0 fully saturated rings. The van der Waals surface area contributed by atoms with Crippen molar-refractivity contribution in [2.45, 2.75) is 11.7 Å². The first-order valence-electron chi connectivity index (χ1n) is 9.35. The van der Waals surface area contributed by atoms with Gasteiger partial charge in [-0.05, 0) is 35.9 Å². The third-order valence-electron chi connectivity index (χ3n) is 4.36. The van der Waals surface area contributed by atoms with Gasteiger partial charge in [-0.25, -0.2) is 4.39 Å². The SMILES string of the molecule is O=C(CSc1nnc(-c2cccnc2)n1Cc1ccccc1)Nc1ccc(F)c(Cl)c1. The van der Waals surface area contributed by atoms with Crippen molar-refractivity contribution in [3.8, 4) is 11.4 Å².